The number of para-hydroxylation sites is 2. The molecular formula is C20H24N4O5S. The molecule has 0 aliphatic rings. The van der Waals surface area contributed by atoms with Crippen LogP contribution in [0.5, 0.6) is 0 Å². The van der Waals surface area contributed by atoms with Crippen molar-refractivity contribution in [2.45, 2.75) is 38.8 Å². The number of ether oxygens (including phenoxy) is 1. The van der Waals surface area contributed by atoms with E-state index in [0.717, 1.165) is 16.6 Å². The van der Waals surface area contributed by atoms with Gasteiger partial charge in [-0.25, -0.2) is 9.78 Å². The van der Waals surface area contributed by atoms with Gasteiger partial charge in [0.2, 0.25) is 0 Å². The van der Waals surface area contributed by atoms with Gasteiger partial charge in [-0.1, -0.05) is 24.3 Å². The predicted octanol–water partition coefficient (Wildman–Crippen LogP) is 3.59. The minimum Gasteiger partial charge on any atom is -0.444 e. The van der Waals surface area contributed by atoms with Crippen molar-refractivity contribution >= 4 is 33.1 Å². The summed E-state index contributed by atoms with van der Waals surface area (Å²) in [6.07, 6.45) is -0.191. The number of aromatic nitrogens is 2. The lowest BCUT2D eigenvalue weighted by atomic mass is 10.1. The summed E-state index contributed by atoms with van der Waals surface area (Å²) < 4.78 is 38.1. The number of hydrogen-bond acceptors (Lipinski definition) is 5. The molecule has 0 unspecified atom stereocenters. The number of amides is 1. The van der Waals surface area contributed by atoms with Crippen LogP contribution in [0.25, 0.3) is 11.0 Å². The van der Waals surface area contributed by atoms with Crippen molar-refractivity contribution in [2.75, 3.05) is 4.72 Å². The highest BCUT2D eigenvalue weighted by atomic mass is 32.2. The number of nitrogens with one attached hydrogen (secondary N) is 3. The normalized spacial score (nSPS) is 13.1. The van der Waals surface area contributed by atoms with Crippen LogP contribution in [-0.2, 0) is 21.5 Å². The zero-order valence-corrected chi connectivity index (χ0v) is 17.7. The molecule has 0 bridgehead atoms. The number of hydrogen-bond donors (Lipinski definition) is 4. The van der Waals surface area contributed by atoms with E-state index in [0.29, 0.717) is 12.2 Å². The SMILES string of the molecule is CC(C)(C)OC(=O)N[C@@H](Cc1ccc(NS(=O)(=O)O)cc1)c1nc2ccccc2[nH]1. The third-order valence-electron chi connectivity index (χ3n) is 4.07. The van der Waals surface area contributed by atoms with E-state index < -0.39 is 28.0 Å². The smallest absolute Gasteiger partial charge is 0.408 e. The summed E-state index contributed by atoms with van der Waals surface area (Å²) >= 11 is 0. The first kappa shape index (κ1) is 21.6. The molecule has 0 saturated carbocycles. The number of anilines is 1. The Balaban J connectivity index is 1.84. The predicted molar refractivity (Wildman–Crippen MR) is 114 cm³/mol. The third kappa shape index (κ3) is 6.19. The van der Waals surface area contributed by atoms with Crippen LogP contribution in [0.1, 0.15) is 38.2 Å². The Morgan fingerprint density at radius 3 is 2.43 bits per heavy atom. The molecule has 0 saturated heterocycles. The Morgan fingerprint density at radius 2 is 1.83 bits per heavy atom. The van der Waals surface area contributed by atoms with E-state index in [9.17, 15) is 13.2 Å². The van der Waals surface area contributed by atoms with Crippen LogP contribution in [0.2, 0.25) is 0 Å². The summed E-state index contributed by atoms with van der Waals surface area (Å²) in [5, 5.41) is 2.85. The average molecular weight is 433 g/mol. The lowest BCUT2D eigenvalue weighted by molar-refractivity contribution is 0.0501. The number of nitrogens with zero attached hydrogens (tertiary/aromatic N) is 1. The van der Waals surface area contributed by atoms with Gasteiger partial charge < -0.3 is 15.0 Å². The number of carbonyl (C=O) groups excluding carboxylic acids is 1. The van der Waals surface area contributed by atoms with Gasteiger partial charge in [0, 0.05) is 6.42 Å². The van der Waals surface area contributed by atoms with Crippen LogP contribution in [0.15, 0.2) is 48.5 Å². The lowest BCUT2D eigenvalue weighted by Gasteiger charge is -2.23. The standard InChI is InChI=1S/C20H24N4O5S/c1-20(2,3)29-19(25)23-17(18-21-15-6-4-5-7-16(15)22-18)12-13-8-10-14(11-9-13)24-30(26,27)28/h4-11,17,24H,12H2,1-3H3,(H,21,22)(H,23,25)(H,26,27,28)/t17-/m0/s1. The van der Waals surface area contributed by atoms with E-state index in [4.69, 9.17) is 9.29 Å². The number of aromatic amines is 1. The molecule has 1 atom stereocenters. The number of imidazole rings is 1. The number of H-pyrrole nitrogens is 1. The molecule has 3 aromatic rings. The van der Waals surface area contributed by atoms with Crippen LogP contribution in [0.4, 0.5) is 10.5 Å². The highest BCUT2D eigenvalue weighted by Gasteiger charge is 2.23. The van der Waals surface area contributed by atoms with Gasteiger partial charge in [0.25, 0.3) is 0 Å². The number of fused-ring (bicyclic) bond motifs is 1. The monoisotopic (exact) mass is 432 g/mol. The number of benzene rings is 2. The van der Waals surface area contributed by atoms with Crippen molar-refractivity contribution in [3.8, 4) is 0 Å². The average Bonchev–Trinajstić information content (AvgIpc) is 3.04. The zero-order chi connectivity index (χ0) is 21.9. The fourth-order valence-corrected chi connectivity index (χ4v) is 3.33. The van der Waals surface area contributed by atoms with Crippen molar-refractivity contribution in [1.29, 1.82) is 0 Å². The molecule has 1 amide bonds. The minimum absolute atomic E-state index is 0.224. The highest BCUT2D eigenvalue weighted by Crippen LogP contribution is 2.22. The maximum atomic E-state index is 12.4. The quantitative estimate of drug-likeness (QED) is 0.440. The molecule has 9 nitrogen and oxygen atoms in total. The molecule has 1 heterocycles. The van der Waals surface area contributed by atoms with Gasteiger partial charge in [0.15, 0.2) is 0 Å². The van der Waals surface area contributed by atoms with Gasteiger partial charge in [0.1, 0.15) is 11.4 Å². The second-order valence-corrected chi connectivity index (χ2v) is 8.97. The molecule has 0 fully saturated rings. The van der Waals surface area contributed by atoms with E-state index >= 15 is 0 Å². The third-order valence-corrected chi connectivity index (χ3v) is 4.56. The van der Waals surface area contributed by atoms with Crippen LogP contribution in [-0.4, -0.2) is 34.6 Å². The van der Waals surface area contributed by atoms with Crippen molar-refractivity contribution in [2.24, 2.45) is 0 Å². The van der Waals surface area contributed by atoms with Gasteiger partial charge in [-0.2, -0.15) is 8.42 Å². The van der Waals surface area contributed by atoms with Crippen LogP contribution >= 0.6 is 0 Å². The summed E-state index contributed by atoms with van der Waals surface area (Å²) in [4.78, 5) is 20.2. The Morgan fingerprint density at radius 1 is 1.17 bits per heavy atom. The van der Waals surface area contributed by atoms with E-state index in [1.54, 1.807) is 32.9 Å². The van der Waals surface area contributed by atoms with Crippen LogP contribution in [0.3, 0.4) is 0 Å². The molecule has 10 heteroatoms. The van der Waals surface area contributed by atoms with Crippen LogP contribution < -0.4 is 10.0 Å². The van der Waals surface area contributed by atoms with Crippen molar-refractivity contribution in [1.82, 2.24) is 15.3 Å². The minimum atomic E-state index is -4.34. The number of rotatable bonds is 6. The van der Waals surface area contributed by atoms with E-state index in [1.807, 2.05) is 29.0 Å². The molecule has 2 aromatic carbocycles. The zero-order valence-electron chi connectivity index (χ0n) is 16.8. The second-order valence-electron chi connectivity index (χ2n) is 7.82. The summed E-state index contributed by atoms with van der Waals surface area (Å²) in [5.41, 5.74) is 2.01. The van der Waals surface area contributed by atoms with E-state index in [1.165, 1.54) is 12.1 Å². The number of carbonyl (C=O) groups is 1. The summed E-state index contributed by atoms with van der Waals surface area (Å²) in [6.45, 7) is 5.34. The Hall–Kier alpha value is -3.11. The maximum absolute atomic E-state index is 12.4. The molecule has 0 aliphatic carbocycles. The van der Waals surface area contributed by atoms with Gasteiger partial charge >= 0.3 is 16.4 Å². The summed E-state index contributed by atoms with van der Waals surface area (Å²) in [5.74, 6) is 0.571. The Kier molecular flexibility index (Phi) is 5.99. The van der Waals surface area contributed by atoms with Gasteiger partial charge in [0.05, 0.1) is 22.8 Å². The summed E-state index contributed by atoms with van der Waals surface area (Å²) in [6, 6.07) is 13.5. The van der Waals surface area contributed by atoms with Gasteiger partial charge in [-0.05, 0) is 50.6 Å². The van der Waals surface area contributed by atoms with Crippen molar-refractivity contribution in [3.05, 3.63) is 59.9 Å². The topological polar surface area (TPSA) is 133 Å². The van der Waals surface area contributed by atoms with Crippen LogP contribution in [0, 0.1) is 0 Å². The Bertz CT molecular complexity index is 1100. The highest BCUT2D eigenvalue weighted by molar-refractivity contribution is 7.87. The molecule has 0 spiro atoms. The molecule has 4 N–H and O–H groups in total. The largest absolute Gasteiger partial charge is 0.444 e. The molecule has 30 heavy (non-hydrogen) atoms. The van der Waals surface area contributed by atoms with Gasteiger partial charge in [-0.15, -0.1) is 0 Å². The fourth-order valence-electron chi connectivity index (χ4n) is 2.90. The van der Waals surface area contributed by atoms with Crippen molar-refractivity contribution < 1.29 is 22.5 Å². The second kappa shape index (κ2) is 8.33. The van der Waals surface area contributed by atoms with Crippen molar-refractivity contribution in [3.63, 3.8) is 0 Å². The maximum Gasteiger partial charge on any atom is 0.408 e. The van der Waals surface area contributed by atoms with E-state index in [-0.39, 0.29) is 5.69 Å². The Labute approximate surface area is 174 Å². The first-order valence-electron chi connectivity index (χ1n) is 9.27. The fraction of sp³-hybridized carbons (Fsp3) is 0.300. The summed E-state index contributed by atoms with van der Waals surface area (Å²) in [7, 11) is -4.34. The molecule has 3 rings (SSSR count). The van der Waals surface area contributed by atoms with E-state index in [2.05, 4.69) is 15.3 Å². The lowest BCUT2D eigenvalue weighted by Crippen LogP contribution is -2.36. The molecule has 160 valence electrons. The molecule has 0 aliphatic heterocycles. The first-order chi connectivity index (χ1) is 14.0. The number of alkyl carbamates (subject to hydrolysis) is 1. The first-order valence-corrected chi connectivity index (χ1v) is 10.7. The molecule has 0 radical (unpaired) electrons. The molecular weight excluding hydrogens is 408 g/mol. The molecule has 1 aromatic heterocycles. The van der Waals surface area contributed by atoms with Gasteiger partial charge in [-0.3, -0.25) is 9.27 Å².